The number of nitro groups is 1. The van der Waals surface area contributed by atoms with E-state index in [-0.39, 0.29) is 22.3 Å². The summed E-state index contributed by atoms with van der Waals surface area (Å²) in [6.45, 7) is 3.74. The van der Waals surface area contributed by atoms with Crippen LogP contribution >= 0.6 is 23.4 Å². The lowest BCUT2D eigenvalue weighted by molar-refractivity contribution is -0.384. The largest absolute Gasteiger partial charge is 0.324 e. The van der Waals surface area contributed by atoms with Crippen LogP contribution in [0.5, 0.6) is 0 Å². The van der Waals surface area contributed by atoms with Gasteiger partial charge in [0.1, 0.15) is 0 Å². The van der Waals surface area contributed by atoms with Gasteiger partial charge in [0.15, 0.2) is 10.8 Å². The fraction of sp³-hybridized carbons (Fsp3) is 0.150. The number of carbonyl (C=O) groups excluding carboxylic acids is 1. The van der Waals surface area contributed by atoms with Crippen LogP contribution in [0.1, 0.15) is 12.5 Å². The number of amides is 1. The van der Waals surface area contributed by atoms with Crippen molar-refractivity contribution in [3.05, 3.63) is 69.2 Å². The standard InChI is InChI=1S/C20H16ClN5O3S/c1-11-9-18-23-24-20(25(18)17-6-4-3-5-14(11)17)30-12(2)19(27)22-16-10-13(26(28)29)7-8-15(16)21/h3-10,12H,1-2H3,(H,22,27)/t12-/m0/s1. The third-order valence-electron chi connectivity index (χ3n) is 4.64. The molecule has 0 saturated carbocycles. The van der Waals surface area contributed by atoms with Gasteiger partial charge in [0.05, 0.1) is 26.4 Å². The Balaban J connectivity index is 1.62. The fourth-order valence-electron chi connectivity index (χ4n) is 3.12. The lowest BCUT2D eigenvalue weighted by Crippen LogP contribution is -2.23. The van der Waals surface area contributed by atoms with E-state index in [9.17, 15) is 14.9 Å². The number of hydrogen-bond donors (Lipinski definition) is 1. The minimum Gasteiger partial charge on any atom is -0.324 e. The van der Waals surface area contributed by atoms with Crippen molar-refractivity contribution in [1.82, 2.24) is 14.6 Å². The number of thioether (sulfide) groups is 1. The quantitative estimate of drug-likeness (QED) is 0.269. The molecule has 30 heavy (non-hydrogen) atoms. The summed E-state index contributed by atoms with van der Waals surface area (Å²) in [7, 11) is 0. The normalized spacial score (nSPS) is 12.2. The Bertz CT molecular complexity index is 1310. The molecule has 0 aliphatic heterocycles. The molecule has 2 aromatic carbocycles. The first kappa shape index (κ1) is 20.1. The van der Waals surface area contributed by atoms with Crippen LogP contribution < -0.4 is 5.32 Å². The van der Waals surface area contributed by atoms with Crippen molar-refractivity contribution in [3.63, 3.8) is 0 Å². The molecule has 2 heterocycles. The molecule has 0 radical (unpaired) electrons. The Morgan fingerprint density at radius 2 is 2.00 bits per heavy atom. The maximum Gasteiger partial charge on any atom is 0.271 e. The number of nitrogens with zero attached hydrogens (tertiary/aromatic N) is 4. The number of aromatic nitrogens is 3. The highest BCUT2D eigenvalue weighted by Crippen LogP contribution is 2.30. The third kappa shape index (κ3) is 3.69. The zero-order valence-corrected chi connectivity index (χ0v) is 17.6. The number of hydrogen-bond acceptors (Lipinski definition) is 6. The number of para-hydroxylation sites is 1. The first-order valence-electron chi connectivity index (χ1n) is 9.00. The predicted octanol–water partition coefficient (Wildman–Crippen LogP) is 4.87. The summed E-state index contributed by atoms with van der Waals surface area (Å²) >= 11 is 7.32. The van der Waals surface area contributed by atoms with E-state index in [4.69, 9.17) is 11.6 Å². The van der Waals surface area contributed by atoms with E-state index in [1.807, 2.05) is 41.7 Å². The Hall–Kier alpha value is -3.17. The van der Waals surface area contributed by atoms with E-state index in [2.05, 4.69) is 15.5 Å². The fourth-order valence-corrected chi connectivity index (χ4v) is 4.15. The van der Waals surface area contributed by atoms with Crippen LogP contribution in [0.3, 0.4) is 0 Å². The topological polar surface area (TPSA) is 102 Å². The predicted molar refractivity (Wildman–Crippen MR) is 117 cm³/mol. The van der Waals surface area contributed by atoms with Crippen LogP contribution in [0.2, 0.25) is 5.02 Å². The first-order valence-corrected chi connectivity index (χ1v) is 10.3. The van der Waals surface area contributed by atoms with Crippen LogP contribution in [0.4, 0.5) is 11.4 Å². The Morgan fingerprint density at radius 3 is 2.77 bits per heavy atom. The molecule has 4 rings (SSSR count). The van der Waals surface area contributed by atoms with Crippen molar-refractivity contribution in [2.75, 3.05) is 5.32 Å². The van der Waals surface area contributed by atoms with E-state index in [1.165, 1.54) is 30.0 Å². The molecular weight excluding hydrogens is 426 g/mol. The van der Waals surface area contributed by atoms with Gasteiger partial charge in [0.2, 0.25) is 5.91 Å². The second-order valence-corrected chi connectivity index (χ2v) is 8.41. The maximum absolute atomic E-state index is 12.7. The van der Waals surface area contributed by atoms with Gasteiger partial charge in [-0.25, -0.2) is 0 Å². The highest BCUT2D eigenvalue weighted by Gasteiger charge is 2.21. The van der Waals surface area contributed by atoms with Crippen LogP contribution in [-0.2, 0) is 4.79 Å². The van der Waals surface area contributed by atoms with Crippen molar-refractivity contribution in [2.24, 2.45) is 0 Å². The lowest BCUT2D eigenvalue weighted by Gasteiger charge is -2.13. The number of nitro benzene ring substituents is 1. The Morgan fingerprint density at radius 1 is 1.23 bits per heavy atom. The van der Waals surface area contributed by atoms with E-state index in [0.29, 0.717) is 10.8 Å². The third-order valence-corrected chi connectivity index (χ3v) is 6.02. The average Bonchev–Trinajstić information content (AvgIpc) is 3.12. The number of benzene rings is 2. The molecule has 1 atom stereocenters. The molecule has 4 aromatic rings. The summed E-state index contributed by atoms with van der Waals surface area (Å²) in [5, 5.41) is 23.5. The molecule has 0 spiro atoms. The summed E-state index contributed by atoms with van der Waals surface area (Å²) in [6.07, 6.45) is 0. The van der Waals surface area contributed by atoms with Gasteiger partial charge in [-0.3, -0.25) is 19.3 Å². The number of carbonyl (C=O) groups is 1. The summed E-state index contributed by atoms with van der Waals surface area (Å²) in [5.41, 5.74) is 2.78. The molecule has 0 unspecified atom stereocenters. The van der Waals surface area contributed by atoms with E-state index < -0.39 is 10.2 Å². The van der Waals surface area contributed by atoms with Gasteiger partial charge in [-0.05, 0) is 37.6 Å². The monoisotopic (exact) mass is 441 g/mol. The molecular formula is C20H16ClN5O3S. The van der Waals surface area contributed by atoms with E-state index in [0.717, 1.165) is 16.5 Å². The average molecular weight is 442 g/mol. The number of aryl methyl sites for hydroxylation is 1. The second kappa shape index (κ2) is 7.92. The summed E-state index contributed by atoms with van der Waals surface area (Å²) in [6, 6.07) is 13.8. The van der Waals surface area contributed by atoms with Crippen LogP contribution in [-0.4, -0.2) is 30.7 Å². The summed E-state index contributed by atoms with van der Waals surface area (Å²) in [4.78, 5) is 23.1. The van der Waals surface area contributed by atoms with Gasteiger partial charge in [0.25, 0.3) is 5.69 Å². The smallest absolute Gasteiger partial charge is 0.271 e. The molecule has 0 aliphatic carbocycles. The molecule has 0 bridgehead atoms. The molecule has 1 N–H and O–H groups in total. The van der Waals surface area contributed by atoms with Crippen molar-refractivity contribution >= 4 is 57.2 Å². The number of fused-ring (bicyclic) bond motifs is 3. The molecule has 0 fully saturated rings. The van der Waals surface area contributed by atoms with Crippen LogP contribution in [0, 0.1) is 17.0 Å². The second-order valence-electron chi connectivity index (χ2n) is 6.69. The molecule has 0 aliphatic rings. The zero-order valence-electron chi connectivity index (χ0n) is 16.0. The Labute approximate surface area is 180 Å². The van der Waals surface area contributed by atoms with Crippen molar-refractivity contribution in [2.45, 2.75) is 24.3 Å². The summed E-state index contributed by atoms with van der Waals surface area (Å²) < 4.78 is 1.91. The highest BCUT2D eigenvalue weighted by atomic mass is 35.5. The van der Waals surface area contributed by atoms with Crippen molar-refractivity contribution in [1.29, 1.82) is 0 Å². The molecule has 0 saturated heterocycles. The van der Waals surface area contributed by atoms with Crippen LogP contribution in [0.25, 0.3) is 16.6 Å². The first-order chi connectivity index (χ1) is 14.3. The van der Waals surface area contributed by atoms with Crippen molar-refractivity contribution in [3.8, 4) is 0 Å². The number of non-ortho nitro benzene ring substituents is 1. The molecule has 2 aromatic heterocycles. The zero-order chi connectivity index (χ0) is 21.4. The highest BCUT2D eigenvalue weighted by molar-refractivity contribution is 8.00. The summed E-state index contributed by atoms with van der Waals surface area (Å²) in [5.74, 6) is -0.351. The van der Waals surface area contributed by atoms with Gasteiger partial charge < -0.3 is 5.32 Å². The molecule has 10 heteroatoms. The van der Waals surface area contributed by atoms with Gasteiger partial charge in [-0.1, -0.05) is 41.6 Å². The number of nitrogens with one attached hydrogen (secondary N) is 1. The van der Waals surface area contributed by atoms with Gasteiger partial charge in [-0.2, -0.15) is 0 Å². The van der Waals surface area contributed by atoms with Gasteiger partial charge >= 0.3 is 0 Å². The van der Waals surface area contributed by atoms with Gasteiger partial charge in [-0.15, -0.1) is 10.2 Å². The molecule has 8 nitrogen and oxygen atoms in total. The molecule has 152 valence electrons. The van der Waals surface area contributed by atoms with Crippen LogP contribution in [0.15, 0.2) is 53.7 Å². The number of anilines is 1. The van der Waals surface area contributed by atoms with Gasteiger partial charge in [0, 0.05) is 17.5 Å². The maximum atomic E-state index is 12.7. The lowest BCUT2D eigenvalue weighted by atomic mass is 10.1. The number of pyridine rings is 1. The van der Waals surface area contributed by atoms with E-state index >= 15 is 0 Å². The minimum absolute atomic E-state index is 0.153. The SMILES string of the molecule is Cc1cc2nnc(S[C@@H](C)C(=O)Nc3cc([N+](=O)[O-])ccc3Cl)n2c2ccccc12. The number of rotatable bonds is 5. The Kier molecular flexibility index (Phi) is 5.31. The molecule has 1 amide bonds. The number of halogens is 1. The van der Waals surface area contributed by atoms with Crippen molar-refractivity contribution < 1.29 is 9.72 Å². The van der Waals surface area contributed by atoms with E-state index in [1.54, 1.807) is 6.92 Å². The minimum atomic E-state index is -0.548.